The van der Waals surface area contributed by atoms with Gasteiger partial charge in [0, 0.05) is 55.5 Å². The quantitative estimate of drug-likeness (QED) is 0.835. The molecule has 2 aliphatic rings. The van der Waals surface area contributed by atoms with E-state index in [1.807, 2.05) is 19.1 Å². The summed E-state index contributed by atoms with van der Waals surface area (Å²) >= 11 is 0. The van der Waals surface area contributed by atoms with Gasteiger partial charge in [-0.05, 0) is 49.8 Å². The van der Waals surface area contributed by atoms with Crippen LogP contribution in [0.15, 0.2) is 24.5 Å². The minimum Gasteiger partial charge on any atom is -0.376 e. The predicted molar refractivity (Wildman–Crippen MR) is 105 cm³/mol. The van der Waals surface area contributed by atoms with Crippen LogP contribution in [0.5, 0.6) is 0 Å². The SMILES string of the molecule is Cc1c(CC(=O)NCc2cccnc2)c2c(n1CC1CCCO1)CCCC2=O. The fourth-order valence-corrected chi connectivity index (χ4v) is 4.37. The Hall–Kier alpha value is -2.47. The van der Waals surface area contributed by atoms with E-state index in [-0.39, 0.29) is 24.2 Å². The summed E-state index contributed by atoms with van der Waals surface area (Å²) in [4.78, 5) is 29.4. The molecule has 1 atom stereocenters. The first kappa shape index (κ1) is 18.9. The van der Waals surface area contributed by atoms with E-state index in [9.17, 15) is 9.59 Å². The van der Waals surface area contributed by atoms with Crippen LogP contribution < -0.4 is 5.32 Å². The van der Waals surface area contributed by atoms with E-state index < -0.39 is 0 Å². The summed E-state index contributed by atoms with van der Waals surface area (Å²) in [6, 6.07) is 3.79. The molecular formula is C22H27N3O3. The summed E-state index contributed by atoms with van der Waals surface area (Å²) in [5.41, 5.74) is 4.77. The third-order valence-electron chi connectivity index (χ3n) is 5.81. The number of ether oxygens (including phenoxy) is 1. The highest BCUT2D eigenvalue weighted by molar-refractivity contribution is 6.01. The van der Waals surface area contributed by atoms with E-state index in [0.29, 0.717) is 13.0 Å². The van der Waals surface area contributed by atoms with Crippen molar-refractivity contribution in [2.24, 2.45) is 0 Å². The van der Waals surface area contributed by atoms with Crippen LogP contribution in [0, 0.1) is 6.92 Å². The third kappa shape index (κ3) is 3.87. The molecule has 1 aliphatic heterocycles. The molecule has 0 bridgehead atoms. The Morgan fingerprint density at radius 2 is 2.25 bits per heavy atom. The van der Waals surface area contributed by atoms with Gasteiger partial charge in [0.05, 0.1) is 12.5 Å². The molecule has 6 heteroatoms. The van der Waals surface area contributed by atoms with E-state index in [1.54, 1.807) is 12.4 Å². The van der Waals surface area contributed by atoms with E-state index in [1.165, 1.54) is 0 Å². The standard InChI is InChI=1S/C22H27N3O3/c1-15-18(11-21(27)24-13-16-5-3-9-23-12-16)22-19(7-2-8-20(22)26)25(15)14-17-6-4-10-28-17/h3,5,9,12,17H,2,4,6-8,10-11,13-14H2,1H3,(H,24,27). The molecule has 2 aromatic heterocycles. The van der Waals surface area contributed by atoms with Crippen LogP contribution >= 0.6 is 0 Å². The van der Waals surface area contributed by atoms with Crippen molar-refractivity contribution < 1.29 is 14.3 Å². The van der Waals surface area contributed by atoms with Gasteiger partial charge in [-0.2, -0.15) is 0 Å². The van der Waals surface area contributed by atoms with Crippen molar-refractivity contribution in [3.63, 3.8) is 0 Å². The van der Waals surface area contributed by atoms with Gasteiger partial charge in [-0.15, -0.1) is 0 Å². The molecule has 28 heavy (non-hydrogen) atoms. The van der Waals surface area contributed by atoms with Crippen molar-refractivity contribution in [2.45, 2.75) is 64.6 Å². The lowest BCUT2D eigenvalue weighted by Gasteiger charge is -2.18. The highest BCUT2D eigenvalue weighted by Gasteiger charge is 2.30. The number of aromatic nitrogens is 2. The second-order valence-corrected chi connectivity index (χ2v) is 7.72. The summed E-state index contributed by atoms with van der Waals surface area (Å²) in [5.74, 6) is 0.105. The molecule has 3 heterocycles. The minimum atomic E-state index is -0.0672. The first-order valence-corrected chi connectivity index (χ1v) is 10.1. The lowest BCUT2D eigenvalue weighted by molar-refractivity contribution is -0.120. The molecule has 0 aromatic carbocycles. The van der Waals surface area contributed by atoms with E-state index in [0.717, 1.165) is 66.9 Å². The Morgan fingerprint density at radius 1 is 1.36 bits per heavy atom. The summed E-state index contributed by atoms with van der Waals surface area (Å²) in [7, 11) is 0. The molecule has 0 saturated carbocycles. The van der Waals surface area contributed by atoms with Gasteiger partial charge in [0.25, 0.3) is 0 Å². The van der Waals surface area contributed by atoms with Crippen LogP contribution in [0.2, 0.25) is 0 Å². The summed E-state index contributed by atoms with van der Waals surface area (Å²) < 4.78 is 8.06. The average Bonchev–Trinajstić information content (AvgIpc) is 3.31. The van der Waals surface area contributed by atoms with Gasteiger partial charge in [0.15, 0.2) is 5.78 Å². The van der Waals surface area contributed by atoms with Gasteiger partial charge in [-0.3, -0.25) is 14.6 Å². The number of nitrogens with zero attached hydrogens (tertiary/aromatic N) is 2. The van der Waals surface area contributed by atoms with Crippen molar-refractivity contribution in [1.82, 2.24) is 14.9 Å². The monoisotopic (exact) mass is 381 g/mol. The number of pyridine rings is 1. The zero-order valence-corrected chi connectivity index (χ0v) is 16.4. The molecule has 6 nitrogen and oxygen atoms in total. The van der Waals surface area contributed by atoms with Gasteiger partial charge in [-0.1, -0.05) is 6.07 Å². The van der Waals surface area contributed by atoms with Crippen LogP contribution in [0.3, 0.4) is 0 Å². The van der Waals surface area contributed by atoms with Gasteiger partial charge in [0.1, 0.15) is 0 Å². The Morgan fingerprint density at radius 3 is 3.00 bits per heavy atom. The molecule has 1 N–H and O–H groups in total. The molecule has 0 radical (unpaired) electrons. The van der Waals surface area contributed by atoms with Crippen molar-refractivity contribution >= 4 is 11.7 Å². The van der Waals surface area contributed by atoms with Crippen LogP contribution in [-0.4, -0.2) is 34.0 Å². The fraction of sp³-hybridized carbons (Fsp3) is 0.500. The zero-order chi connectivity index (χ0) is 19.5. The number of fused-ring (bicyclic) bond motifs is 1. The Balaban J connectivity index is 1.54. The Bertz CT molecular complexity index is 867. The van der Waals surface area contributed by atoms with Crippen LogP contribution in [0.25, 0.3) is 0 Å². The number of rotatable bonds is 6. The number of carbonyl (C=O) groups is 2. The first-order chi connectivity index (χ1) is 13.6. The van der Waals surface area contributed by atoms with Crippen LogP contribution in [0.1, 0.15) is 58.6 Å². The molecule has 1 aliphatic carbocycles. The van der Waals surface area contributed by atoms with Crippen LogP contribution in [-0.2, 0) is 35.5 Å². The summed E-state index contributed by atoms with van der Waals surface area (Å²) in [6.07, 6.45) is 8.40. The molecule has 1 unspecified atom stereocenters. The van der Waals surface area contributed by atoms with Crippen molar-refractivity contribution in [3.05, 3.63) is 52.6 Å². The lowest BCUT2D eigenvalue weighted by atomic mass is 9.92. The van der Waals surface area contributed by atoms with E-state index in [2.05, 4.69) is 14.9 Å². The Labute approximate surface area is 165 Å². The van der Waals surface area contributed by atoms with Crippen molar-refractivity contribution in [1.29, 1.82) is 0 Å². The number of hydrogen-bond donors (Lipinski definition) is 1. The zero-order valence-electron chi connectivity index (χ0n) is 16.4. The molecule has 1 saturated heterocycles. The highest BCUT2D eigenvalue weighted by Crippen LogP contribution is 2.31. The number of carbonyl (C=O) groups excluding carboxylic acids is 2. The maximum absolute atomic E-state index is 12.7. The highest BCUT2D eigenvalue weighted by atomic mass is 16.5. The van der Waals surface area contributed by atoms with E-state index >= 15 is 0 Å². The van der Waals surface area contributed by atoms with E-state index in [4.69, 9.17) is 4.74 Å². The van der Waals surface area contributed by atoms with Crippen LogP contribution in [0.4, 0.5) is 0 Å². The van der Waals surface area contributed by atoms with Crippen molar-refractivity contribution in [3.8, 4) is 0 Å². The molecule has 4 rings (SSSR count). The Kier molecular flexibility index (Phi) is 5.57. The maximum Gasteiger partial charge on any atom is 0.224 e. The predicted octanol–water partition coefficient (Wildman–Crippen LogP) is 2.75. The number of nitrogens with one attached hydrogen (secondary N) is 1. The second-order valence-electron chi connectivity index (χ2n) is 7.72. The average molecular weight is 381 g/mol. The third-order valence-corrected chi connectivity index (χ3v) is 5.81. The molecule has 1 amide bonds. The summed E-state index contributed by atoms with van der Waals surface area (Å²) in [6.45, 7) is 4.07. The number of amides is 1. The lowest BCUT2D eigenvalue weighted by Crippen LogP contribution is -2.25. The second kappa shape index (κ2) is 8.27. The maximum atomic E-state index is 12.7. The van der Waals surface area contributed by atoms with Gasteiger partial charge >= 0.3 is 0 Å². The molecule has 2 aromatic rings. The van der Waals surface area contributed by atoms with Gasteiger partial charge < -0.3 is 14.6 Å². The molecule has 0 spiro atoms. The molecular weight excluding hydrogens is 354 g/mol. The molecule has 148 valence electrons. The fourth-order valence-electron chi connectivity index (χ4n) is 4.37. The minimum absolute atomic E-state index is 0.0672. The number of hydrogen-bond acceptors (Lipinski definition) is 4. The number of ketones is 1. The number of Topliss-reactive ketones (excluding diaryl/α,β-unsaturated/α-hetero) is 1. The molecule has 1 fully saturated rings. The smallest absolute Gasteiger partial charge is 0.224 e. The first-order valence-electron chi connectivity index (χ1n) is 10.1. The summed E-state index contributed by atoms with van der Waals surface area (Å²) in [5, 5.41) is 2.95. The van der Waals surface area contributed by atoms with Crippen molar-refractivity contribution in [2.75, 3.05) is 6.61 Å². The topological polar surface area (TPSA) is 73.2 Å². The van der Waals surface area contributed by atoms with Gasteiger partial charge in [0.2, 0.25) is 5.91 Å². The largest absolute Gasteiger partial charge is 0.376 e. The van der Waals surface area contributed by atoms with Gasteiger partial charge in [-0.25, -0.2) is 0 Å². The normalized spacial score (nSPS) is 18.9.